The first kappa shape index (κ1) is 14.7. The van der Waals surface area contributed by atoms with Gasteiger partial charge in [-0.2, -0.15) is 5.10 Å². The van der Waals surface area contributed by atoms with E-state index >= 15 is 0 Å². The Morgan fingerprint density at radius 3 is 2.81 bits per heavy atom. The van der Waals surface area contributed by atoms with Crippen LogP contribution in [0.25, 0.3) is 10.1 Å². The van der Waals surface area contributed by atoms with Crippen molar-refractivity contribution < 1.29 is 9.50 Å². The average molecular weight is 369 g/mol. The lowest BCUT2D eigenvalue weighted by molar-refractivity contribution is 0.208. The average Bonchev–Trinajstić information content (AvgIpc) is 3.00. The van der Waals surface area contributed by atoms with Crippen molar-refractivity contribution in [3.05, 3.63) is 51.3 Å². The molecule has 0 bridgehead atoms. The van der Waals surface area contributed by atoms with Crippen molar-refractivity contribution in [2.45, 2.75) is 26.0 Å². The first-order valence-corrected chi connectivity index (χ1v) is 8.18. The van der Waals surface area contributed by atoms with E-state index in [1.54, 1.807) is 16.9 Å². The Labute approximate surface area is 134 Å². The number of aliphatic hydroxyl groups excluding tert-OH is 1. The van der Waals surface area contributed by atoms with Crippen molar-refractivity contribution >= 4 is 37.4 Å². The lowest BCUT2D eigenvalue weighted by atomic mass is 10.1. The summed E-state index contributed by atoms with van der Waals surface area (Å²) in [7, 11) is 0. The molecule has 0 aliphatic rings. The zero-order valence-electron chi connectivity index (χ0n) is 11.5. The molecule has 0 saturated carbocycles. The molecular weight excluding hydrogens is 355 g/mol. The number of hydrogen-bond donors (Lipinski definition) is 1. The van der Waals surface area contributed by atoms with Crippen molar-refractivity contribution in [1.82, 2.24) is 9.78 Å². The third-order valence-corrected chi connectivity index (χ3v) is 5.08. The maximum atomic E-state index is 13.3. The molecule has 0 radical (unpaired) electrons. The summed E-state index contributed by atoms with van der Waals surface area (Å²) in [6.45, 7) is 4.02. The molecule has 0 aliphatic carbocycles. The second kappa shape index (κ2) is 5.51. The second-order valence-electron chi connectivity index (χ2n) is 5.15. The van der Waals surface area contributed by atoms with Gasteiger partial charge in [0.25, 0.3) is 0 Å². The molecule has 2 heterocycles. The highest BCUT2D eigenvalue weighted by atomic mass is 79.9. The van der Waals surface area contributed by atoms with E-state index in [0.29, 0.717) is 0 Å². The van der Waals surface area contributed by atoms with Crippen molar-refractivity contribution in [1.29, 1.82) is 0 Å². The molecule has 0 spiro atoms. The predicted molar refractivity (Wildman–Crippen MR) is 86.2 cm³/mol. The fraction of sp³-hybridized carbons (Fsp3) is 0.267. The molecule has 0 saturated heterocycles. The highest BCUT2D eigenvalue weighted by Crippen LogP contribution is 2.36. The third-order valence-electron chi connectivity index (χ3n) is 3.30. The summed E-state index contributed by atoms with van der Waals surface area (Å²) < 4.78 is 16.8. The monoisotopic (exact) mass is 368 g/mol. The Morgan fingerprint density at radius 1 is 1.33 bits per heavy atom. The number of aliphatic hydroxyl groups is 1. The lowest BCUT2D eigenvalue weighted by Crippen LogP contribution is -2.11. The number of halogens is 2. The summed E-state index contributed by atoms with van der Waals surface area (Å²) >= 11 is 4.90. The van der Waals surface area contributed by atoms with Crippen LogP contribution in [0.3, 0.4) is 0 Å². The first-order chi connectivity index (χ1) is 9.97. The molecule has 0 fully saturated rings. The topological polar surface area (TPSA) is 38.0 Å². The van der Waals surface area contributed by atoms with E-state index in [1.807, 2.05) is 19.9 Å². The maximum absolute atomic E-state index is 13.3. The molecule has 1 unspecified atom stereocenters. The van der Waals surface area contributed by atoms with Crippen LogP contribution in [0.5, 0.6) is 0 Å². The molecular formula is C15H14BrFN2OS. The van der Waals surface area contributed by atoms with Crippen LogP contribution in [0.1, 0.15) is 36.6 Å². The molecule has 1 N–H and O–H groups in total. The van der Waals surface area contributed by atoms with Crippen LogP contribution < -0.4 is 0 Å². The number of benzene rings is 1. The van der Waals surface area contributed by atoms with Gasteiger partial charge in [-0.1, -0.05) is 0 Å². The Kier molecular flexibility index (Phi) is 3.86. The van der Waals surface area contributed by atoms with Crippen molar-refractivity contribution in [2.24, 2.45) is 0 Å². The summed E-state index contributed by atoms with van der Waals surface area (Å²) in [5.41, 5.74) is 0.719. The minimum absolute atomic E-state index is 0.146. The number of nitrogens with zero attached hydrogens (tertiary/aromatic N) is 2. The number of thiophene rings is 1. The van der Waals surface area contributed by atoms with E-state index in [1.165, 1.54) is 23.5 Å². The van der Waals surface area contributed by atoms with Gasteiger partial charge < -0.3 is 5.11 Å². The predicted octanol–water partition coefficient (Wildman–Crippen LogP) is 4.66. The minimum atomic E-state index is -0.787. The largest absolute Gasteiger partial charge is 0.381 e. The van der Waals surface area contributed by atoms with Crippen LogP contribution in [0.4, 0.5) is 4.39 Å². The normalized spacial score (nSPS) is 13.2. The fourth-order valence-corrected chi connectivity index (χ4v) is 3.85. The van der Waals surface area contributed by atoms with Crippen LogP contribution in [0.15, 0.2) is 34.9 Å². The van der Waals surface area contributed by atoms with Gasteiger partial charge in [0.2, 0.25) is 0 Å². The summed E-state index contributed by atoms with van der Waals surface area (Å²) in [4.78, 5) is 0.777. The third kappa shape index (κ3) is 2.63. The summed E-state index contributed by atoms with van der Waals surface area (Å²) in [5, 5.41) is 15.8. The van der Waals surface area contributed by atoms with E-state index in [9.17, 15) is 9.50 Å². The van der Waals surface area contributed by atoms with E-state index in [2.05, 4.69) is 21.0 Å². The summed E-state index contributed by atoms with van der Waals surface area (Å²) in [6.07, 6.45) is 0.899. The van der Waals surface area contributed by atoms with Gasteiger partial charge in [-0.3, -0.25) is 4.68 Å². The second-order valence-corrected chi connectivity index (χ2v) is 7.12. The SMILES string of the molecule is CC(C)n1ncc(Br)c1C(O)c1cc2cc(F)ccc2s1. The number of rotatable bonds is 3. The number of hydrogen-bond acceptors (Lipinski definition) is 3. The molecule has 0 amide bonds. The Balaban J connectivity index is 2.08. The van der Waals surface area contributed by atoms with E-state index < -0.39 is 6.10 Å². The van der Waals surface area contributed by atoms with Gasteiger partial charge in [0, 0.05) is 15.6 Å². The van der Waals surface area contributed by atoms with Crippen LogP contribution in [0.2, 0.25) is 0 Å². The lowest BCUT2D eigenvalue weighted by Gasteiger charge is -2.15. The number of fused-ring (bicyclic) bond motifs is 1. The van der Waals surface area contributed by atoms with Gasteiger partial charge >= 0.3 is 0 Å². The van der Waals surface area contributed by atoms with Crippen LogP contribution in [-0.4, -0.2) is 14.9 Å². The van der Waals surface area contributed by atoms with Gasteiger partial charge in [0.1, 0.15) is 11.9 Å². The summed E-state index contributed by atoms with van der Waals surface area (Å²) in [6, 6.07) is 6.63. The molecule has 3 rings (SSSR count). The molecule has 6 heteroatoms. The standard InChI is InChI=1S/C15H14BrFN2OS/c1-8(2)19-14(11(16)7-18-19)15(20)13-6-9-5-10(17)3-4-12(9)21-13/h3-8,15,20H,1-2H3. The molecule has 1 atom stereocenters. The molecule has 21 heavy (non-hydrogen) atoms. The van der Waals surface area contributed by atoms with E-state index in [-0.39, 0.29) is 11.9 Å². The van der Waals surface area contributed by atoms with E-state index in [0.717, 1.165) is 25.1 Å². The zero-order chi connectivity index (χ0) is 15.1. The van der Waals surface area contributed by atoms with Gasteiger partial charge in [0.05, 0.1) is 16.4 Å². The molecule has 3 aromatic rings. The molecule has 2 aromatic heterocycles. The van der Waals surface area contributed by atoms with Gasteiger partial charge in [0.15, 0.2) is 0 Å². The summed E-state index contributed by atoms with van der Waals surface area (Å²) in [5.74, 6) is -0.269. The van der Waals surface area contributed by atoms with Crippen LogP contribution in [0, 0.1) is 5.82 Å². The first-order valence-electron chi connectivity index (χ1n) is 6.57. The zero-order valence-corrected chi connectivity index (χ0v) is 13.9. The molecule has 3 nitrogen and oxygen atoms in total. The molecule has 110 valence electrons. The molecule has 1 aromatic carbocycles. The van der Waals surface area contributed by atoms with Crippen molar-refractivity contribution in [3.63, 3.8) is 0 Å². The van der Waals surface area contributed by atoms with Gasteiger partial charge in [-0.25, -0.2) is 4.39 Å². The van der Waals surface area contributed by atoms with Gasteiger partial charge in [-0.15, -0.1) is 11.3 Å². The fourth-order valence-electron chi connectivity index (χ4n) is 2.32. The van der Waals surface area contributed by atoms with Crippen molar-refractivity contribution in [2.75, 3.05) is 0 Å². The number of aromatic nitrogens is 2. The minimum Gasteiger partial charge on any atom is -0.381 e. The quantitative estimate of drug-likeness (QED) is 0.729. The maximum Gasteiger partial charge on any atom is 0.131 e. The van der Waals surface area contributed by atoms with Crippen LogP contribution in [-0.2, 0) is 0 Å². The Morgan fingerprint density at radius 2 is 2.10 bits per heavy atom. The van der Waals surface area contributed by atoms with Crippen LogP contribution >= 0.6 is 27.3 Å². The smallest absolute Gasteiger partial charge is 0.131 e. The van der Waals surface area contributed by atoms with E-state index in [4.69, 9.17) is 0 Å². The molecule has 0 aliphatic heterocycles. The Bertz CT molecular complexity index is 796. The Hall–Kier alpha value is -1.24. The highest BCUT2D eigenvalue weighted by Gasteiger charge is 2.22. The van der Waals surface area contributed by atoms with Crippen molar-refractivity contribution in [3.8, 4) is 0 Å². The highest BCUT2D eigenvalue weighted by molar-refractivity contribution is 9.10. The van der Waals surface area contributed by atoms with Gasteiger partial charge in [-0.05, 0) is 59.4 Å².